The molecular formula is C24H28N2O2. The number of likely N-dealkylation sites (tertiary alicyclic amines) is 1. The smallest absolute Gasteiger partial charge is 0.230 e. The number of para-hydroxylation sites is 1. The molecule has 1 aromatic heterocycles. The molecule has 2 aromatic carbocycles. The highest BCUT2D eigenvalue weighted by Gasteiger charge is 2.23. The van der Waals surface area contributed by atoms with Crippen molar-refractivity contribution in [3.05, 3.63) is 71.6 Å². The summed E-state index contributed by atoms with van der Waals surface area (Å²) in [5.74, 6) is 2.96. The van der Waals surface area contributed by atoms with E-state index in [1.807, 2.05) is 38.1 Å². The Morgan fingerprint density at radius 2 is 1.89 bits per heavy atom. The van der Waals surface area contributed by atoms with Gasteiger partial charge in [0.1, 0.15) is 11.5 Å². The molecule has 0 aliphatic carbocycles. The fourth-order valence-corrected chi connectivity index (χ4v) is 4.02. The monoisotopic (exact) mass is 376 g/mol. The molecule has 4 heteroatoms. The number of piperidine rings is 1. The Morgan fingerprint density at radius 3 is 2.71 bits per heavy atom. The van der Waals surface area contributed by atoms with Crippen molar-refractivity contribution < 1.29 is 9.15 Å². The maximum atomic E-state index is 6.02. The summed E-state index contributed by atoms with van der Waals surface area (Å²) in [7, 11) is 0. The van der Waals surface area contributed by atoms with Gasteiger partial charge in [0, 0.05) is 13.1 Å². The topological polar surface area (TPSA) is 38.5 Å². The number of oxazole rings is 1. The fraction of sp³-hybridized carbons (Fsp3) is 0.375. The number of nitrogens with zero attached hydrogens (tertiary/aromatic N) is 2. The summed E-state index contributed by atoms with van der Waals surface area (Å²) < 4.78 is 11.8. The lowest BCUT2D eigenvalue weighted by molar-refractivity contribution is 0.197. The van der Waals surface area contributed by atoms with E-state index in [0.29, 0.717) is 18.4 Å². The van der Waals surface area contributed by atoms with Crippen molar-refractivity contribution in [3.63, 3.8) is 0 Å². The van der Waals surface area contributed by atoms with Crippen LogP contribution in [0.25, 0.3) is 11.5 Å². The number of benzene rings is 2. The van der Waals surface area contributed by atoms with Crippen LogP contribution < -0.4 is 4.74 Å². The Balaban J connectivity index is 1.50. The van der Waals surface area contributed by atoms with Crippen LogP contribution in [0.2, 0.25) is 0 Å². The molecule has 0 saturated carbocycles. The Labute approximate surface area is 167 Å². The minimum atomic E-state index is 0.598. The van der Waals surface area contributed by atoms with Gasteiger partial charge in [0.2, 0.25) is 5.89 Å². The normalized spacial score (nSPS) is 17.6. The lowest BCUT2D eigenvalue weighted by atomic mass is 9.90. The van der Waals surface area contributed by atoms with Crippen molar-refractivity contribution in [1.29, 1.82) is 0 Å². The first-order chi connectivity index (χ1) is 13.7. The van der Waals surface area contributed by atoms with Crippen molar-refractivity contribution in [2.45, 2.75) is 39.2 Å². The zero-order chi connectivity index (χ0) is 19.3. The van der Waals surface area contributed by atoms with Gasteiger partial charge in [-0.15, -0.1) is 0 Å². The molecule has 1 saturated heterocycles. The molecule has 1 aliphatic rings. The van der Waals surface area contributed by atoms with E-state index in [-0.39, 0.29) is 0 Å². The Kier molecular flexibility index (Phi) is 5.77. The van der Waals surface area contributed by atoms with Crippen LogP contribution in [0.1, 0.15) is 42.7 Å². The third kappa shape index (κ3) is 4.12. The van der Waals surface area contributed by atoms with Crippen LogP contribution >= 0.6 is 0 Å². The van der Waals surface area contributed by atoms with Gasteiger partial charge in [-0.05, 0) is 56.8 Å². The van der Waals surface area contributed by atoms with Gasteiger partial charge in [0.05, 0.1) is 17.9 Å². The molecule has 4 rings (SSSR count). The van der Waals surface area contributed by atoms with Gasteiger partial charge in [0.25, 0.3) is 0 Å². The second-order valence-electron chi connectivity index (χ2n) is 7.44. The fourth-order valence-electron chi connectivity index (χ4n) is 4.02. The highest BCUT2D eigenvalue weighted by atomic mass is 16.5. The van der Waals surface area contributed by atoms with Crippen LogP contribution in [0.3, 0.4) is 0 Å². The van der Waals surface area contributed by atoms with Crippen molar-refractivity contribution in [2.75, 3.05) is 19.7 Å². The van der Waals surface area contributed by atoms with Gasteiger partial charge in [-0.2, -0.15) is 0 Å². The van der Waals surface area contributed by atoms with E-state index in [2.05, 4.69) is 35.2 Å². The Morgan fingerprint density at radius 1 is 1.11 bits per heavy atom. The first-order valence-electron chi connectivity index (χ1n) is 10.2. The summed E-state index contributed by atoms with van der Waals surface area (Å²) in [4.78, 5) is 7.33. The first kappa shape index (κ1) is 18.8. The molecule has 4 nitrogen and oxygen atoms in total. The van der Waals surface area contributed by atoms with Crippen LogP contribution in [-0.4, -0.2) is 29.6 Å². The van der Waals surface area contributed by atoms with Gasteiger partial charge >= 0.3 is 0 Å². The predicted molar refractivity (Wildman–Crippen MR) is 112 cm³/mol. The molecular weight excluding hydrogens is 348 g/mol. The van der Waals surface area contributed by atoms with Gasteiger partial charge < -0.3 is 9.15 Å². The molecule has 0 bridgehead atoms. The third-order valence-electron chi connectivity index (χ3n) is 5.46. The quantitative estimate of drug-likeness (QED) is 0.575. The minimum Gasteiger partial charge on any atom is -0.493 e. The van der Waals surface area contributed by atoms with Crippen molar-refractivity contribution in [3.8, 4) is 17.2 Å². The molecule has 0 N–H and O–H groups in total. The number of hydrogen-bond donors (Lipinski definition) is 0. The van der Waals surface area contributed by atoms with Crippen LogP contribution in [0.4, 0.5) is 0 Å². The summed E-state index contributed by atoms with van der Waals surface area (Å²) in [5.41, 5.74) is 3.38. The summed E-state index contributed by atoms with van der Waals surface area (Å²) in [6, 6.07) is 18.8. The van der Waals surface area contributed by atoms with Crippen LogP contribution in [0.15, 0.2) is 59.0 Å². The van der Waals surface area contributed by atoms with E-state index < -0.39 is 0 Å². The number of ether oxygens (including phenoxy) is 1. The molecule has 0 amide bonds. The summed E-state index contributed by atoms with van der Waals surface area (Å²) in [5, 5.41) is 0. The van der Waals surface area contributed by atoms with Gasteiger partial charge in [-0.25, -0.2) is 4.98 Å². The molecule has 0 radical (unpaired) electrons. The van der Waals surface area contributed by atoms with E-state index in [4.69, 9.17) is 14.1 Å². The van der Waals surface area contributed by atoms with E-state index in [1.54, 1.807) is 0 Å². The second-order valence-corrected chi connectivity index (χ2v) is 7.44. The molecule has 1 fully saturated rings. The lowest BCUT2D eigenvalue weighted by Gasteiger charge is -2.32. The van der Waals surface area contributed by atoms with Crippen molar-refractivity contribution >= 4 is 0 Å². The van der Waals surface area contributed by atoms with E-state index in [0.717, 1.165) is 42.4 Å². The van der Waals surface area contributed by atoms with Gasteiger partial charge in [0.15, 0.2) is 0 Å². The maximum Gasteiger partial charge on any atom is 0.230 e. The lowest BCUT2D eigenvalue weighted by Crippen LogP contribution is -2.34. The van der Waals surface area contributed by atoms with E-state index in [9.17, 15) is 0 Å². The maximum absolute atomic E-state index is 6.02. The average molecular weight is 377 g/mol. The molecule has 0 spiro atoms. The average Bonchev–Trinajstić information content (AvgIpc) is 3.10. The van der Waals surface area contributed by atoms with Crippen LogP contribution in [0.5, 0.6) is 5.75 Å². The molecule has 28 heavy (non-hydrogen) atoms. The van der Waals surface area contributed by atoms with E-state index in [1.165, 1.54) is 18.4 Å². The molecule has 0 unspecified atom stereocenters. The standard InChI is InChI=1S/C24H28N2O2/c1-3-27-23-14-8-7-13-21(23)24-25-22(18(2)28-24)17-26-15-9-12-20(16-26)19-10-5-4-6-11-19/h4-8,10-11,13-14,20H,3,9,12,15-17H2,1-2H3/t20-/m0/s1. The number of aryl methyl sites for hydroxylation is 1. The SMILES string of the molecule is CCOc1ccccc1-c1nc(CN2CCC[C@H](c3ccccc3)C2)c(C)o1. The van der Waals surface area contributed by atoms with Crippen LogP contribution in [0, 0.1) is 6.92 Å². The first-order valence-corrected chi connectivity index (χ1v) is 10.2. The molecule has 1 aliphatic heterocycles. The summed E-state index contributed by atoms with van der Waals surface area (Å²) in [6.07, 6.45) is 2.47. The summed E-state index contributed by atoms with van der Waals surface area (Å²) in [6.45, 7) is 7.63. The second kappa shape index (κ2) is 8.61. The number of rotatable bonds is 6. The predicted octanol–water partition coefficient (Wildman–Crippen LogP) is 5.43. The Bertz CT molecular complexity index is 904. The highest BCUT2D eigenvalue weighted by Crippen LogP contribution is 2.32. The minimum absolute atomic E-state index is 0.598. The zero-order valence-corrected chi connectivity index (χ0v) is 16.7. The van der Waals surface area contributed by atoms with E-state index >= 15 is 0 Å². The number of aromatic nitrogens is 1. The van der Waals surface area contributed by atoms with Crippen molar-refractivity contribution in [1.82, 2.24) is 9.88 Å². The van der Waals surface area contributed by atoms with Crippen molar-refractivity contribution in [2.24, 2.45) is 0 Å². The van der Waals surface area contributed by atoms with Crippen LogP contribution in [-0.2, 0) is 6.54 Å². The van der Waals surface area contributed by atoms with Gasteiger partial charge in [-0.1, -0.05) is 42.5 Å². The highest BCUT2D eigenvalue weighted by molar-refractivity contribution is 5.63. The molecule has 3 aromatic rings. The zero-order valence-electron chi connectivity index (χ0n) is 16.7. The molecule has 146 valence electrons. The largest absolute Gasteiger partial charge is 0.493 e. The Hall–Kier alpha value is -2.59. The summed E-state index contributed by atoms with van der Waals surface area (Å²) >= 11 is 0. The van der Waals surface area contributed by atoms with Gasteiger partial charge in [-0.3, -0.25) is 4.90 Å². The molecule has 2 heterocycles. The molecule has 1 atom stereocenters. The number of hydrogen-bond acceptors (Lipinski definition) is 4. The third-order valence-corrected chi connectivity index (χ3v) is 5.46.